The number of thiophene rings is 2. The highest BCUT2D eigenvalue weighted by atomic mass is 32.1. The smallest absolute Gasteiger partial charge is 0.380 e. The van der Waals surface area contributed by atoms with E-state index in [-0.39, 0.29) is 19.5 Å². The normalized spacial score (nSPS) is 35.7. The Morgan fingerprint density at radius 3 is 1.29 bits per heavy atom. The molecule has 4 heterocycles. The SMILES string of the molecule is Cc1sc(CO[C@@H]2O[C@H](CO)[C@@H](O)[C@H](O)[C@H]2O)cc1C1=C(c2cc(CO[C@@H]3O[C@H](CO)[C@@H](O)[C@H](O)[C@H]3O)sc2C)C(F)(F)C(F)(F)C1(F)F. The van der Waals surface area contributed by atoms with Crippen LogP contribution in [0, 0.1) is 13.8 Å². The van der Waals surface area contributed by atoms with Crippen LogP contribution in [0.1, 0.15) is 30.6 Å². The zero-order chi connectivity index (χ0) is 36.4. The lowest BCUT2D eigenvalue weighted by Gasteiger charge is -2.39. The lowest BCUT2D eigenvalue weighted by molar-refractivity contribution is -0.303. The summed E-state index contributed by atoms with van der Waals surface area (Å²) in [5.41, 5.74) is -4.51. The highest BCUT2D eigenvalue weighted by Crippen LogP contribution is 2.65. The summed E-state index contributed by atoms with van der Waals surface area (Å²) in [4.78, 5) is -0.0122. The molecular weight excluding hydrogens is 718 g/mol. The summed E-state index contributed by atoms with van der Waals surface area (Å²) < 4.78 is 113. The van der Waals surface area contributed by atoms with Crippen molar-refractivity contribution in [2.75, 3.05) is 13.2 Å². The summed E-state index contributed by atoms with van der Waals surface area (Å²) in [5.74, 6) is -16.6. The van der Waals surface area contributed by atoms with Gasteiger partial charge in [0, 0.05) is 30.7 Å². The van der Waals surface area contributed by atoms with Crippen LogP contribution < -0.4 is 0 Å². The second kappa shape index (κ2) is 14.0. The summed E-state index contributed by atoms with van der Waals surface area (Å²) in [6.07, 6.45) is -16.4. The molecule has 276 valence electrons. The molecule has 0 bridgehead atoms. The first-order valence-corrected chi connectivity index (χ1v) is 16.4. The Hall–Kier alpha value is -1.76. The third-order valence-corrected chi connectivity index (χ3v) is 10.7. The molecular formula is C29H34F6O12S2. The molecule has 1 aliphatic carbocycles. The average molecular weight is 753 g/mol. The number of hydrogen-bond donors (Lipinski definition) is 8. The lowest BCUT2D eigenvalue weighted by Crippen LogP contribution is -2.59. The molecule has 12 nitrogen and oxygen atoms in total. The van der Waals surface area contributed by atoms with Crippen LogP contribution in [-0.4, -0.2) is 133 Å². The second-order valence-corrected chi connectivity index (χ2v) is 14.5. The molecule has 0 saturated carbocycles. The minimum Gasteiger partial charge on any atom is -0.394 e. The van der Waals surface area contributed by atoms with Crippen LogP contribution in [0.2, 0.25) is 0 Å². The van der Waals surface area contributed by atoms with E-state index in [1.54, 1.807) is 0 Å². The molecule has 0 unspecified atom stereocenters. The summed E-state index contributed by atoms with van der Waals surface area (Å²) in [5, 5.41) is 79.0. The Morgan fingerprint density at radius 1 is 0.612 bits per heavy atom. The van der Waals surface area contributed by atoms with Crippen molar-refractivity contribution < 1.29 is 86.1 Å². The molecule has 8 N–H and O–H groups in total. The molecule has 2 aliphatic heterocycles. The fraction of sp³-hybridized carbons (Fsp3) is 0.655. The molecule has 2 aromatic rings. The minimum atomic E-state index is -5.85. The maximum atomic E-state index is 15.5. The van der Waals surface area contributed by atoms with Gasteiger partial charge in [-0.05, 0) is 37.1 Å². The van der Waals surface area contributed by atoms with Crippen molar-refractivity contribution in [3.8, 4) is 0 Å². The number of allylic oxidation sites excluding steroid dienone is 2. The molecule has 0 amide bonds. The van der Waals surface area contributed by atoms with Crippen molar-refractivity contribution in [3.05, 3.63) is 42.8 Å². The van der Waals surface area contributed by atoms with Crippen LogP contribution in [0.25, 0.3) is 11.1 Å². The third kappa shape index (κ3) is 6.47. The van der Waals surface area contributed by atoms with Crippen LogP contribution in [0.5, 0.6) is 0 Å². The van der Waals surface area contributed by atoms with E-state index in [4.69, 9.17) is 18.9 Å². The average Bonchev–Trinajstić information content (AvgIpc) is 3.63. The monoisotopic (exact) mass is 752 g/mol. The quantitative estimate of drug-likeness (QED) is 0.160. The molecule has 5 rings (SSSR count). The number of alkyl halides is 6. The molecule has 0 radical (unpaired) electrons. The molecule has 49 heavy (non-hydrogen) atoms. The molecule has 0 spiro atoms. The van der Waals surface area contributed by atoms with Gasteiger partial charge in [0.2, 0.25) is 0 Å². The van der Waals surface area contributed by atoms with Crippen molar-refractivity contribution in [2.45, 2.75) is 106 Å². The van der Waals surface area contributed by atoms with Gasteiger partial charge >= 0.3 is 17.8 Å². The number of halogens is 6. The summed E-state index contributed by atoms with van der Waals surface area (Å²) in [6, 6.07) is 1.91. The van der Waals surface area contributed by atoms with Crippen LogP contribution >= 0.6 is 22.7 Å². The van der Waals surface area contributed by atoms with Crippen LogP contribution in [0.3, 0.4) is 0 Å². The first-order chi connectivity index (χ1) is 22.8. The van der Waals surface area contributed by atoms with E-state index in [9.17, 15) is 49.6 Å². The van der Waals surface area contributed by atoms with Crippen LogP contribution in [0.15, 0.2) is 12.1 Å². The molecule has 2 saturated heterocycles. The predicted molar refractivity (Wildman–Crippen MR) is 157 cm³/mol. The summed E-state index contributed by atoms with van der Waals surface area (Å²) >= 11 is 1.48. The van der Waals surface area contributed by atoms with Crippen molar-refractivity contribution >= 4 is 33.8 Å². The molecule has 20 heteroatoms. The van der Waals surface area contributed by atoms with Gasteiger partial charge in [-0.15, -0.1) is 22.7 Å². The van der Waals surface area contributed by atoms with E-state index >= 15 is 17.6 Å². The zero-order valence-electron chi connectivity index (χ0n) is 25.6. The molecule has 10 atom stereocenters. The highest BCUT2D eigenvalue weighted by molar-refractivity contribution is 7.12. The number of rotatable bonds is 10. The first-order valence-electron chi connectivity index (χ1n) is 14.7. The van der Waals surface area contributed by atoms with E-state index < -0.39 is 128 Å². The van der Waals surface area contributed by atoms with Crippen molar-refractivity contribution in [1.82, 2.24) is 0 Å². The number of aliphatic hydroxyl groups is 8. The van der Waals surface area contributed by atoms with Crippen LogP contribution in [0.4, 0.5) is 26.3 Å². The predicted octanol–water partition coefficient (Wildman–Crippen LogP) is 0.890. The Labute approximate surface area is 282 Å². The van der Waals surface area contributed by atoms with Gasteiger partial charge in [0.05, 0.1) is 26.4 Å². The Balaban J connectivity index is 1.45. The topological polar surface area (TPSA) is 199 Å². The third-order valence-electron chi connectivity index (χ3n) is 8.62. The summed E-state index contributed by atoms with van der Waals surface area (Å²) in [6.45, 7) is -0.103. The zero-order valence-corrected chi connectivity index (χ0v) is 27.2. The summed E-state index contributed by atoms with van der Waals surface area (Å²) in [7, 11) is 0. The van der Waals surface area contributed by atoms with E-state index in [1.165, 1.54) is 13.8 Å². The maximum absolute atomic E-state index is 15.5. The van der Waals surface area contributed by atoms with Gasteiger partial charge in [0.1, 0.15) is 48.8 Å². The van der Waals surface area contributed by atoms with Gasteiger partial charge in [-0.1, -0.05) is 0 Å². The number of aliphatic hydroxyl groups excluding tert-OH is 8. The Kier molecular flexibility index (Phi) is 11.0. The maximum Gasteiger partial charge on any atom is 0.380 e. The van der Waals surface area contributed by atoms with Gasteiger partial charge in [-0.3, -0.25) is 0 Å². The van der Waals surface area contributed by atoms with Gasteiger partial charge in [-0.2, -0.15) is 26.3 Å². The van der Waals surface area contributed by atoms with Gasteiger partial charge in [-0.25, -0.2) is 0 Å². The van der Waals surface area contributed by atoms with Gasteiger partial charge < -0.3 is 59.8 Å². The number of ether oxygens (including phenoxy) is 4. The largest absolute Gasteiger partial charge is 0.394 e. The minimum absolute atomic E-state index is 0.0568. The Bertz CT molecular complexity index is 1420. The van der Waals surface area contributed by atoms with E-state index in [0.29, 0.717) is 0 Å². The molecule has 2 fully saturated rings. The number of hydrogen-bond acceptors (Lipinski definition) is 14. The van der Waals surface area contributed by atoms with Crippen molar-refractivity contribution in [2.24, 2.45) is 0 Å². The van der Waals surface area contributed by atoms with Gasteiger partial charge in [0.25, 0.3) is 0 Å². The van der Waals surface area contributed by atoms with Crippen molar-refractivity contribution in [1.29, 1.82) is 0 Å². The van der Waals surface area contributed by atoms with E-state index in [0.717, 1.165) is 34.8 Å². The van der Waals surface area contributed by atoms with E-state index in [2.05, 4.69) is 0 Å². The fourth-order valence-corrected chi connectivity index (χ4v) is 7.83. The van der Waals surface area contributed by atoms with E-state index in [1.807, 2.05) is 0 Å². The Morgan fingerprint density at radius 2 is 0.959 bits per heavy atom. The highest BCUT2D eigenvalue weighted by Gasteiger charge is 2.80. The standard InChI is InChI=1S/C29H34F6O12S2/c1-9-13(3-11(48-9)7-44-25-23(42)21(40)19(38)15(5-36)46-25)17-18(28(32,33)29(34,35)27(17,30)31)14-4-12(49-10(14)2)8-45-26-24(43)22(41)20(39)16(6-37)47-26/h3-4,15-16,19-26,36-43H,5-8H2,1-2H3/t15-,16-,19-,20-,21+,22+,23-,24-,25-,26-/m1/s1. The fourth-order valence-electron chi connectivity index (χ4n) is 5.90. The molecule has 2 aromatic heterocycles. The van der Waals surface area contributed by atoms with Gasteiger partial charge in [0.15, 0.2) is 12.6 Å². The molecule has 3 aliphatic rings. The number of aryl methyl sites for hydroxylation is 2. The van der Waals surface area contributed by atoms with Crippen molar-refractivity contribution in [3.63, 3.8) is 0 Å². The second-order valence-electron chi connectivity index (χ2n) is 11.9. The first kappa shape index (κ1) is 38.5. The molecule has 0 aromatic carbocycles. The lowest BCUT2D eigenvalue weighted by atomic mass is 9.95. The van der Waals surface area contributed by atoms with Crippen LogP contribution in [-0.2, 0) is 32.2 Å².